The molecule has 0 N–H and O–H groups in total. The fourth-order valence-corrected chi connectivity index (χ4v) is 3.26. The van der Waals surface area contributed by atoms with E-state index in [0.29, 0.717) is 0 Å². The van der Waals surface area contributed by atoms with Gasteiger partial charge in [0.25, 0.3) is 0 Å². The van der Waals surface area contributed by atoms with Gasteiger partial charge < -0.3 is 14.4 Å². The number of para-hydroxylation sites is 3. The Hall–Kier alpha value is -3.16. The van der Waals surface area contributed by atoms with E-state index in [2.05, 4.69) is 28.8 Å². The number of benzene rings is 2. The summed E-state index contributed by atoms with van der Waals surface area (Å²) in [6.07, 6.45) is 5.95. The monoisotopic (exact) mass is 313 g/mol. The molecule has 2 aromatic rings. The molecule has 3 nitrogen and oxygen atoms in total. The highest BCUT2D eigenvalue weighted by molar-refractivity contribution is 5.69. The summed E-state index contributed by atoms with van der Waals surface area (Å²) in [5.74, 6) is 2.52. The molecule has 0 fully saturated rings. The number of ether oxygens (including phenoxy) is 2. The number of allylic oxidation sites excluding steroid dienone is 1. The number of nitrogens with zero attached hydrogens (tertiary/aromatic N) is 1. The first-order chi connectivity index (χ1) is 11.8. The molecule has 1 atom stereocenters. The van der Waals surface area contributed by atoms with Crippen molar-refractivity contribution < 1.29 is 9.47 Å². The number of anilines is 1. The molecule has 0 saturated heterocycles. The number of likely N-dealkylation sites (N-methyl/N-ethyl adjacent to an activating group) is 1. The van der Waals surface area contributed by atoms with Gasteiger partial charge in [-0.2, -0.15) is 0 Å². The van der Waals surface area contributed by atoms with Crippen LogP contribution in [0, 0.1) is 0 Å². The molecule has 3 heteroatoms. The maximum atomic E-state index is 6.15. The SMILES string of the molecule is CN1C2=C=C3C=Cc4ccccc4OC3=CC2Oc2ccccc21. The lowest BCUT2D eigenvalue weighted by atomic mass is 10.0. The van der Waals surface area contributed by atoms with E-state index < -0.39 is 0 Å². The normalized spacial score (nSPS) is 20.0. The summed E-state index contributed by atoms with van der Waals surface area (Å²) in [6.45, 7) is 0. The molecular formula is C21H15NO2. The van der Waals surface area contributed by atoms with Gasteiger partial charge in [-0.3, -0.25) is 0 Å². The summed E-state index contributed by atoms with van der Waals surface area (Å²) in [4.78, 5) is 2.13. The Morgan fingerprint density at radius 2 is 1.75 bits per heavy atom. The van der Waals surface area contributed by atoms with Crippen molar-refractivity contribution in [1.29, 1.82) is 0 Å². The van der Waals surface area contributed by atoms with Gasteiger partial charge in [0.1, 0.15) is 23.0 Å². The Bertz CT molecular complexity index is 977. The molecule has 1 aliphatic carbocycles. The second kappa shape index (κ2) is 4.92. The van der Waals surface area contributed by atoms with Crippen molar-refractivity contribution in [1.82, 2.24) is 0 Å². The molecule has 3 aliphatic rings. The summed E-state index contributed by atoms with van der Waals surface area (Å²) >= 11 is 0. The van der Waals surface area contributed by atoms with Crippen molar-refractivity contribution in [2.75, 3.05) is 11.9 Å². The first-order valence-electron chi connectivity index (χ1n) is 7.97. The highest BCUT2D eigenvalue weighted by Crippen LogP contribution is 2.40. The second-order valence-electron chi connectivity index (χ2n) is 5.99. The van der Waals surface area contributed by atoms with Crippen LogP contribution in [0.15, 0.2) is 83.4 Å². The summed E-state index contributed by atoms with van der Waals surface area (Å²) in [6, 6.07) is 16.1. The van der Waals surface area contributed by atoms with Gasteiger partial charge in [-0.05, 0) is 30.4 Å². The van der Waals surface area contributed by atoms with Crippen LogP contribution in [0.2, 0.25) is 0 Å². The van der Waals surface area contributed by atoms with Crippen molar-refractivity contribution >= 4 is 11.8 Å². The number of hydrogen-bond donors (Lipinski definition) is 0. The molecule has 0 radical (unpaired) electrons. The quantitative estimate of drug-likeness (QED) is 0.677. The Labute approximate surface area is 140 Å². The molecular weight excluding hydrogens is 298 g/mol. The summed E-state index contributed by atoms with van der Waals surface area (Å²) in [5, 5.41) is 0. The van der Waals surface area contributed by atoms with E-state index in [1.54, 1.807) is 0 Å². The standard InChI is InChI=1S/C21H15NO2/c1-22-16-7-3-5-9-19(16)24-21-13-20-15(12-17(21)22)11-10-14-6-2-4-8-18(14)23-20/h2-11,13,21H,1H3. The number of rotatable bonds is 0. The van der Waals surface area contributed by atoms with Crippen LogP contribution in [-0.4, -0.2) is 13.2 Å². The van der Waals surface area contributed by atoms with Crippen LogP contribution in [0.1, 0.15) is 5.56 Å². The fourth-order valence-electron chi connectivity index (χ4n) is 3.26. The zero-order valence-corrected chi connectivity index (χ0v) is 13.2. The van der Waals surface area contributed by atoms with Crippen molar-refractivity contribution in [2.24, 2.45) is 0 Å². The van der Waals surface area contributed by atoms with Crippen LogP contribution in [-0.2, 0) is 0 Å². The van der Waals surface area contributed by atoms with Gasteiger partial charge in [0.15, 0.2) is 6.10 Å². The van der Waals surface area contributed by atoms with Crippen LogP contribution in [0.3, 0.4) is 0 Å². The second-order valence-corrected chi connectivity index (χ2v) is 5.99. The minimum atomic E-state index is -0.192. The predicted octanol–water partition coefficient (Wildman–Crippen LogP) is 4.30. The summed E-state index contributed by atoms with van der Waals surface area (Å²) in [5.41, 5.74) is 7.52. The van der Waals surface area contributed by atoms with E-state index in [1.807, 2.05) is 55.6 Å². The molecule has 0 amide bonds. The molecule has 0 saturated carbocycles. The third kappa shape index (κ3) is 1.92. The molecule has 0 bridgehead atoms. The fraction of sp³-hybridized carbons (Fsp3) is 0.0952. The Morgan fingerprint density at radius 1 is 0.958 bits per heavy atom. The van der Waals surface area contributed by atoms with E-state index in [4.69, 9.17) is 9.47 Å². The van der Waals surface area contributed by atoms with Crippen molar-refractivity contribution in [2.45, 2.75) is 6.10 Å². The maximum Gasteiger partial charge on any atom is 0.168 e. The van der Waals surface area contributed by atoms with Gasteiger partial charge in [-0.1, -0.05) is 36.1 Å². The highest BCUT2D eigenvalue weighted by atomic mass is 16.5. The van der Waals surface area contributed by atoms with Crippen LogP contribution in [0.5, 0.6) is 11.5 Å². The van der Waals surface area contributed by atoms with Gasteiger partial charge in [-0.25, -0.2) is 0 Å². The lowest BCUT2D eigenvalue weighted by molar-refractivity contribution is 0.263. The van der Waals surface area contributed by atoms with E-state index >= 15 is 0 Å². The third-order valence-electron chi connectivity index (χ3n) is 4.51. The topological polar surface area (TPSA) is 21.7 Å². The summed E-state index contributed by atoms with van der Waals surface area (Å²) in [7, 11) is 2.05. The van der Waals surface area contributed by atoms with Crippen molar-refractivity contribution in [3.63, 3.8) is 0 Å². The molecule has 2 heterocycles. The van der Waals surface area contributed by atoms with Crippen molar-refractivity contribution in [3.05, 3.63) is 89.0 Å². The molecule has 116 valence electrons. The summed E-state index contributed by atoms with van der Waals surface area (Å²) < 4.78 is 12.3. The lowest BCUT2D eigenvalue weighted by Crippen LogP contribution is -2.35. The molecule has 5 rings (SSSR count). The van der Waals surface area contributed by atoms with E-state index in [-0.39, 0.29) is 6.10 Å². The Morgan fingerprint density at radius 3 is 2.67 bits per heavy atom. The number of fused-ring (bicyclic) bond motifs is 4. The lowest BCUT2D eigenvalue weighted by Gasteiger charge is -2.35. The largest absolute Gasteiger partial charge is 0.477 e. The molecule has 1 unspecified atom stereocenters. The maximum absolute atomic E-state index is 6.15. The first-order valence-corrected chi connectivity index (χ1v) is 7.97. The highest BCUT2D eigenvalue weighted by Gasteiger charge is 2.31. The minimum absolute atomic E-state index is 0.192. The van der Waals surface area contributed by atoms with Gasteiger partial charge in [-0.15, -0.1) is 0 Å². The van der Waals surface area contributed by atoms with E-state index in [1.165, 1.54) is 0 Å². The average Bonchev–Trinajstić information content (AvgIpc) is 2.79. The van der Waals surface area contributed by atoms with Gasteiger partial charge in [0, 0.05) is 18.7 Å². The molecule has 24 heavy (non-hydrogen) atoms. The molecule has 0 aromatic heterocycles. The zero-order chi connectivity index (χ0) is 16.1. The molecule has 0 spiro atoms. The van der Waals surface area contributed by atoms with Crippen LogP contribution < -0.4 is 14.4 Å². The third-order valence-corrected chi connectivity index (χ3v) is 4.51. The first kappa shape index (κ1) is 13.3. The zero-order valence-electron chi connectivity index (χ0n) is 13.2. The van der Waals surface area contributed by atoms with Crippen LogP contribution >= 0.6 is 0 Å². The molecule has 2 aromatic carbocycles. The van der Waals surface area contributed by atoms with Gasteiger partial charge in [0.2, 0.25) is 0 Å². The minimum Gasteiger partial charge on any atom is -0.477 e. The van der Waals surface area contributed by atoms with Crippen molar-refractivity contribution in [3.8, 4) is 11.5 Å². The van der Waals surface area contributed by atoms with Crippen LogP contribution in [0.25, 0.3) is 6.08 Å². The average molecular weight is 313 g/mol. The Balaban J connectivity index is 1.66. The van der Waals surface area contributed by atoms with Gasteiger partial charge in [0.05, 0.1) is 11.3 Å². The van der Waals surface area contributed by atoms with E-state index in [9.17, 15) is 0 Å². The number of hydrogen-bond acceptors (Lipinski definition) is 3. The molecule has 2 aliphatic heterocycles. The van der Waals surface area contributed by atoms with E-state index in [0.717, 1.165) is 39.8 Å². The Kier molecular flexibility index (Phi) is 2.72. The smallest absolute Gasteiger partial charge is 0.168 e. The van der Waals surface area contributed by atoms with Gasteiger partial charge >= 0.3 is 0 Å². The van der Waals surface area contributed by atoms with Crippen LogP contribution in [0.4, 0.5) is 5.69 Å². The predicted molar refractivity (Wildman–Crippen MR) is 94.0 cm³/mol.